The van der Waals surface area contributed by atoms with Crippen LogP contribution < -0.4 is 9.62 Å². The van der Waals surface area contributed by atoms with Gasteiger partial charge in [0.1, 0.15) is 4.88 Å². The Labute approximate surface area is 137 Å². The quantitative estimate of drug-likeness (QED) is 0.834. The van der Waals surface area contributed by atoms with E-state index in [0.29, 0.717) is 10.6 Å². The van der Waals surface area contributed by atoms with Crippen molar-refractivity contribution >= 4 is 38.8 Å². The molecule has 1 aliphatic heterocycles. The average molecular weight is 350 g/mol. The number of carbonyl (C=O) groups excluding carboxylic acids is 1. The molecule has 3 heterocycles. The Bertz CT molecular complexity index is 911. The molecular weight excluding hydrogens is 336 g/mol. The number of rotatable bonds is 2. The van der Waals surface area contributed by atoms with E-state index >= 15 is 0 Å². The van der Waals surface area contributed by atoms with Gasteiger partial charge in [0.2, 0.25) is 11.7 Å². The Kier molecular flexibility index (Phi) is 3.69. The van der Waals surface area contributed by atoms with Crippen LogP contribution >= 0.6 is 11.3 Å². The van der Waals surface area contributed by atoms with Crippen molar-refractivity contribution < 1.29 is 13.2 Å². The molecule has 23 heavy (non-hydrogen) atoms. The van der Waals surface area contributed by atoms with E-state index in [1.807, 2.05) is 0 Å². The number of thiophene rings is 1. The van der Waals surface area contributed by atoms with Crippen LogP contribution in [0.15, 0.2) is 28.6 Å². The molecule has 2 aromatic heterocycles. The summed E-state index contributed by atoms with van der Waals surface area (Å²) in [6.45, 7) is 3.61. The van der Waals surface area contributed by atoms with Crippen LogP contribution in [0, 0.1) is 13.8 Å². The van der Waals surface area contributed by atoms with Gasteiger partial charge in [0.05, 0.1) is 5.69 Å². The van der Waals surface area contributed by atoms with Crippen LogP contribution in [0.3, 0.4) is 0 Å². The van der Waals surface area contributed by atoms with E-state index in [1.165, 1.54) is 18.4 Å². The number of hydrogen-bond acceptors (Lipinski definition) is 7. The van der Waals surface area contributed by atoms with Crippen molar-refractivity contribution in [2.45, 2.75) is 13.8 Å². The lowest BCUT2D eigenvalue weighted by Gasteiger charge is -2.25. The fourth-order valence-electron chi connectivity index (χ4n) is 2.29. The summed E-state index contributed by atoms with van der Waals surface area (Å²) in [6.07, 6.45) is 1.16. The van der Waals surface area contributed by atoms with Crippen molar-refractivity contribution in [2.75, 3.05) is 16.7 Å². The third-order valence-corrected chi connectivity index (χ3v) is 6.05. The second-order valence-electron chi connectivity index (χ2n) is 5.06. The molecular formula is C14H14N4O3S2. The third-order valence-electron chi connectivity index (χ3n) is 3.37. The minimum atomic E-state index is -3.89. The van der Waals surface area contributed by atoms with Gasteiger partial charge in [-0.3, -0.25) is 9.10 Å². The number of nitrogens with one attached hydrogen (secondary N) is 1. The highest BCUT2D eigenvalue weighted by Gasteiger charge is 2.39. The van der Waals surface area contributed by atoms with Gasteiger partial charge in [-0.1, -0.05) is 0 Å². The number of ketones is 1. The summed E-state index contributed by atoms with van der Waals surface area (Å²) in [4.78, 5) is 20.8. The van der Waals surface area contributed by atoms with Gasteiger partial charge in [0, 0.05) is 24.6 Å². The summed E-state index contributed by atoms with van der Waals surface area (Å²) in [5.74, 6) is -0.275. The maximum absolute atomic E-state index is 12.5. The number of anilines is 2. The van der Waals surface area contributed by atoms with Crippen molar-refractivity contribution in [1.82, 2.24) is 9.97 Å². The minimum absolute atomic E-state index is 0.248. The Morgan fingerprint density at radius 2 is 1.91 bits per heavy atom. The van der Waals surface area contributed by atoms with Crippen LogP contribution in [0.5, 0.6) is 0 Å². The van der Waals surface area contributed by atoms with Crippen LogP contribution in [-0.4, -0.2) is 31.2 Å². The largest absolute Gasteiger partial charge is 0.329 e. The molecule has 0 saturated carbocycles. The number of hydrogen-bond donors (Lipinski definition) is 1. The van der Waals surface area contributed by atoms with E-state index < -0.39 is 15.8 Å². The predicted molar refractivity (Wildman–Crippen MR) is 89.2 cm³/mol. The lowest BCUT2D eigenvalue weighted by atomic mass is 10.2. The number of aryl methyl sites for hydroxylation is 2. The molecule has 120 valence electrons. The summed E-state index contributed by atoms with van der Waals surface area (Å²) in [7, 11) is -2.47. The second kappa shape index (κ2) is 5.43. The topological polar surface area (TPSA) is 92.3 Å². The van der Waals surface area contributed by atoms with E-state index in [9.17, 15) is 13.2 Å². The second-order valence-corrected chi connectivity index (χ2v) is 7.92. The monoisotopic (exact) mass is 350 g/mol. The Morgan fingerprint density at radius 1 is 1.26 bits per heavy atom. The highest BCUT2D eigenvalue weighted by atomic mass is 32.2. The van der Waals surface area contributed by atoms with Crippen LogP contribution in [0.1, 0.15) is 21.1 Å². The molecule has 0 aromatic carbocycles. The first-order valence-electron chi connectivity index (χ1n) is 6.71. The standard InChI is InChI=1S/C14H14N4O3S2/c1-8-6-9(2)17-14(16-8)15-7-11-12(19)13-10(4-5-22-13)18(3)23(11,20)21/h4-7H,1-3H3,(H,15,16,17)/b11-7-. The molecule has 7 nitrogen and oxygen atoms in total. The minimum Gasteiger partial charge on any atom is -0.329 e. The van der Waals surface area contributed by atoms with Crippen LogP contribution in [-0.2, 0) is 10.0 Å². The Balaban J connectivity index is 2.03. The van der Waals surface area contributed by atoms with Gasteiger partial charge >= 0.3 is 0 Å². The number of allylic oxidation sites excluding steroid dienone is 1. The van der Waals surface area contributed by atoms with Crippen LogP contribution in [0.2, 0.25) is 0 Å². The Hall–Kier alpha value is -2.26. The first-order valence-corrected chi connectivity index (χ1v) is 9.03. The summed E-state index contributed by atoms with van der Waals surface area (Å²) >= 11 is 1.21. The van der Waals surface area contributed by atoms with E-state index in [1.54, 1.807) is 31.4 Å². The number of nitrogens with zero attached hydrogens (tertiary/aromatic N) is 3. The lowest BCUT2D eigenvalue weighted by Crippen LogP contribution is -2.35. The van der Waals surface area contributed by atoms with Crippen molar-refractivity contribution in [1.29, 1.82) is 0 Å². The van der Waals surface area contributed by atoms with Crippen molar-refractivity contribution in [3.63, 3.8) is 0 Å². The maximum atomic E-state index is 12.5. The molecule has 0 spiro atoms. The van der Waals surface area contributed by atoms with Crippen LogP contribution in [0.4, 0.5) is 11.6 Å². The maximum Gasteiger partial charge on any atom is 0.269 e. The van der Waals surface area contributed by atoms with E-state index in [4.69, 9.17) is 0 Å². The van der Waals surface area contributed by atoms with Crippen LogP contribution in [0.25, 0.3) is 0 Å². The van der Waals surface area contributed by atoms with E-state index in [2.05, 4.69) is 15.3 Å². The zero-order valence-corrected chi connectivity index (χ0v) is 14.3. The summed E-state index contributed by atoms with van der Waals surface area (Å²) in [5.41, 5.74) is 1.89. The average Bonchev–Trinajstić information content (AvgIpc) is 2.93. The number of carbonyl (C=O) groups is 1. The van der Waals surface area contributed by atoms with E-state index in [0.717, 1.165) is 21.9 Å². The molecule has 1 aliphatic rings. The summed E-state index contributed by atoms with van der Waals surface area (Å²) < 4.78 is 26.1. The molecule has 3 rings (SSSR count). The van der Waals surface area contributed by atoms with Crippen molar-refractivity contribution in [3.8, 4) is 0 Å². The number of sulfonamides is 1. The smallest absolute Gasteiger partial charge is 0.269 e. The molecule has 0 aliphatic carbocycles. The lowest BCUT2D eigenvalue weighted by molar-refractivity contribution is 0.104. The van der Waals surface area contributed by atoms with Gasteiger partial charge in [-0.2, -0.15) is 0 Å². The van der Waals surface area contributed by atoms with Gasteiger partial charge in [-0.15, -0.1) is 11.3 Å². The molecule has 0 bridgehead atoms. The molecule has 2 aromatic rings. The third kappa shape index (κ3) is 2.62. The number of fused-ring (bicyclic) bond motifs is 1. The molecule has 0 radical (unpaired) electrons. The van der Waals surface area contributed by atoms with Crippen molar-refractivity contribution in [2.24, 2.45) is 0 Å². The predicted octanol–water partition coefficient (Wildman–Crippen LogP) is 2.07. The number of aromatic nitrogens is 2. The molecule has 9 heteroatoms. The van der Waals surface area contributed by atoms with E-state index in [-0.39, 0.29) is 10.9 Å². The Morgan fingerprint density at radius 3 is 2.57 bits per heavy atom. The van der Waals surface area contributed by atoms with Crippen molar-refractivity contribution in [3.05, 3.63) is 44.9 Å². The van der Waals surface area contributed by atoms with Gasteiger partial charge in [-0.25, -0.2) is 18.4 Å². The molecule has 1 N–H and O–H groups in total. The molecule has 0 unspecified atom stereocenters. The van der Waals surface area contributed by atoms with Gasteiger partial charge in [0.15, 0.2) is 4.91 Å². The SMILES string of the molecule is Cc1cc(C)nc(N/C=C2/C(=O)c3sccc3N(C)S2(=O)=O)n1. The normalized spacial score (nSPS) is 18.1. The zero-order valence-electron chi connectivity index (χ0n) is 12.7. The summed E-state index contributed by atoms with van der Waals surface area (Å²) in [6, 6.07) is 3.42. The van der Waals surface area contributed by atoms with Gasteiger partial charge in [0.25, 0.3) is 10.0 Å². The summed E-state index contributed by atoms with van der Waals surface area (Å²) in [5, 5.41) is 4.41. The van der Waals surface area contributed by atoms with Gasteiger partial charge < -0.3 is 5.32 Å². The molecule has 0 saturated heterocycles. The molecule has 0 amide bonds. The van der Waals surface area contributed by atoms with Gasteiger partial charge in [-0.05, 0) is 31.4 Å². The number of Topliss-reactive ketones (excluding diaryl/α,β-unsaturated/α-hetero) is 1. The first kappa shape index (κ1) is 15.6. The first-order chi connectivity index (χ1) is 10.8. The fraction of sp³-hybridized carbons (Fsp3) is 0.214. The highest BCUT2D eigenvalue weighted by Crippen LogP contribution is 2.37. The zero-order chi connectivity index (χ0) is 16.8. The fourth-order valence-corrected chi connectivity index (χ4v) is 4.54. The highest BCUT2D eigenvalue weighted by molar-refractivity contribution is 7.97. The molecule has 0 atom stereocenters. The molecule has 0 fully saturated rings.